The Labute approximate surface area is 134 Å². The molecular weight excluding hydrogens is 280 g/mol. The van der Waals surface area contributed by atoms with Crippen molar-refractivity contribution in [3.8, 4) is 0 Å². The summed E-state index contributed by atoms with van der Waals surface area (Å²) in [6, 6.07) is 8.84. The summed E-state index contributed by atoms with van der Waals surface area (Å²) in [6.07, 6.45) is 2.65. The number of hydrogen-bond acceptors (Lipinski definition) is 2. The Balaban J connectivity index is 1.92. The maximum Gasteiger partial charge on any atom is 0.0406 e. The molecule has 1 aromatic rings. The molecule has 21 heavy (non-hydrogen) atoms. The minimum atomic E-state index is 0.418. The van der Waals surface area contributed by atoms with E-state index in [0.29, 0.717) is 11.5 Å². The summed E-state index contributed by atoms with van der Waals surface area (Å²) < 4.78 is 0. The van der Waals surface area contributed by atoms with E-state index >= 15 is 0 Å². The lowest BCUT2D eigenvalue weighted by atomic mass is 9.84. The number of hydrogen-bond donors (Lipinski definition) is 1. The zero-order valence-corrected chi connectivity index (χ0v) is 14.6. The van der Waals surface area contributed by atoms with Crippen LogP contribution in [0.5, 0.6) is 0 Å². The number of benzene rings is 1. The SMILES string of the molecule is CCNC1C(CN(C)Cc2ccc(Cl)cc2)CCC1(C)C. The van der Waals surface area contributed by atoms with Crippen molar-refractivity contribution in [2.45, 2.75) is 46.2 Å². The van der Waals surface area contributed by atoms with E-state index in [9.17, 15) is 0 Å². The maximum atomic E-state index is 5.95. The predicted octanol–water partition coefficient (Wildman–Crippen LogP) is 4.19. The average molecular weight is 309 g/mol. The highest BCUT2D eigenvalue weighted by molar-refractivity contribution is 6.30. The highest BCUT2D eigenvalue weighted by atomic mass is 35.5. The van der Waals surface area contributed by atoms with Gasteiger partial charge in [0.2, 0.25) is 0 Å². The molecule has 1 aliphatic carbocycles. The molecule has 118 valence electrons. The quantitative estimate of drug-likeness (QED) is 0.848. The minimum absolute atomic E-state index is 0.418. The second-order valence-electron chi connectivity index (χ2n) is 7.15. The number of nitrogens with one attached hydrogen (secondary N) is 1. The van der Waals surface area contributed by atoms with Crippen molar-refractivity contribution in [3.05, 3.63) is 34.9 Å². The van der Waals surface area contributed by atoms with Crippen LogP contribution in [0.15, 0.2) is 24.3 Å². The fraction of sp³-hybridized carbons (Fsp3) is 0.667. The fourth-order valence-corrected chi connectivity index (χ4v) is 3.87. The lowest BCUT2D eigenvalue weighted by molar-refractivity contribution is 0.202. The van der Waals surface area contributed by atoms with Gasteiger partial charge < -0.3 is 10.2 Å². The molecule has 0 radical (unpaired) electrons. The van der Waals surface area contributed by atoms with E-state index in [1.807, 2.05) is 12.1 Å². The summed E-state index contributed by atoms with van der Waals surface area (Å²) in [5, 5.41) is 4.53. The third-order valence-electron chi connectivity index (χ3n) is 4.81. The number of halogens is 1. The van der Waals surface area contributed by atoms with Gasteiger partial charge in [0.1, 0.15) is 0 Å². The van der Waals surface area contributed by atoms with E-state index in [-0.39, 0.29) is 0 Å². The molecule has 1 aromatic carbocycles. The van der Waals surface area contributed by atoms with Gasteiger partial charge in [0.25, 0.3) is 0 Å². The van der Waals surface area contributed by atoms with E-state index in [0.717, 1.165) is 30.6 Å². The first-order valence-corrected chi connectivity index (χ1v) is 8.46. The zero-order valence-electron chi connectivity index (χ0n) is 13.8. The third kappa shape index (κ3) is 4.45. The highest BCUT2D eigenvalue weighted by Crippen LogP contribution is 2.41. The molecule has 2 atom stereocenters. The largest absolute Gasteiger partial charge is 0.313 e. The molecule has 2 rings (SSSR count). The van der Waals surface area contributed by atoms with Gasteiger partial charge in [-0.3, -0.25) is 0 Å². The molecule has 0 saturated heterocycles. The van der Waals surface area contributed by atoms with Crippen molar-refractivity contribution in [2.24, 2.45) is 11.3 Å². The summed E-state index contributed by atoms with van der Waals surface area (Å²) in [5.41, 5.74) is 1.75. The van der Waals surface area contributed by atoms with Gasteiger partial charge in [-0.2, -0.15) is 0 Å². The topological polar surface area (TPSA) is 15.3 Å². The summed E-state index contributed by atoms with van der Waals surface area (Å²) >= 11 is 5.95. The second-order valence-corrected chi connectivity index (χ2v) is 7.58. The van der Waals surface area contributed by atoms with Crippen LogP contribution in [0.4, 0.5) is 0 Å². The van der Waals surface area contributed by atoms with E-state index < -0.39 is 0 Å². The molecule has 2 nitrogen and oxygen atoms in total. The van der Waals surface area contributed by atoms with Crippen molar-refractivity contribution >= 4 is 11.6 Å². The van der Waals surface area contributed by atoms with Crippen LogP contribution in [0.2, 0.25) is 5.02 Å². The van der Waals surface area contributed by atoms with Crippen LogP contribution in [0.3, 0.4) is 0 Å². The standard InChI is InChI=1S/C18H29ClN2/c1-5-20-17-15(10-11-18(17,2)3)13-21(4)12-14-6-8-16(19)9-7-14/h6-9,15,17,20H,5,10-13H2,1-4H3. The molecule has 1 N–H and O–H groups in total. The zero-order chi connectivity index (χ0) is 15.5. The van der Waals surface area contributed by atoms with Gasteiger partial charge in [-0.25, -0.2) is 0 Å². The average Bonchev–Trinajstić information content (AvgIpc) is 2.69. The molecule has 0 aromatic heterocycles. The van der Waals surface area contributed by atoms with Gasteiger partial charge in [0.15, 0.2) is 0 Å². The molecule has 1 fully saturated rings. The molecule has 3 heteroatoms. The lowest BCUT2D eigenvalue weighted by Gasteiger charge is -2.33. The van der Waals surface area contributed by atoms with Crippen molar-refractivity contribution in [1.29, 1.82) is 0 Å². The Morgan fingerprint density at radius 2 is 1.95 bits per heavy atom. The van der Waals surface area contributed by atoms with Gasteiger partial charge in [-0.05, 0) is 55.5 Å². The Bertz CT molecular complexity index is 441. The normalized spacial score (nSPS) is 24.7. The van der Waals surface area contributed by atoms with Crippen LogP contribution >= 0.6 is 11.6 Å². The van der Waals surface area contributed by atoms with Crippen molar-refractivity contribution < 1.29 is 0 Å². The van der Waals surface area contributed by atoms with Crippen molar-refractivity contribution in [3.63, 3.8) is 0 Å². The second kappa shape index (κ2) is 7.13. The van der Waals surface area contributed by atoms with Crippen LogP contribution < -0.4 is 5.32 Å². The van der Waals surface area contributed by atoms with Crippen molar-refractivity contribution in [1.82, 2.24) is 10.2 Å². The van der Waals surface area contributed by atoms with Gasteiger partial charge in [-0.15, -0.1) is 0 Å². The van der Waals surface area contributed by atoms with E-state index in [1.165, 1.54) is 18.4 Å². The lowest BCUT2D eigenvalue weighted by Crippen LogP contribution is -2.45. The Kier molecular flexibility index (Phi) is 5.70. The Morgan fingerprint density at radius 3 is 2.57 bits per heavy atom. The van der Waals surface area contributed by atoms with E-state index in [4.69, 9.17) is 11.6 Å². The predicted molar refractivity (Wildman–Crippen MR) is 91.8 cm³/mol. The first-order chi connectivity index (χ1) is 9.92. The molecule has 1 aliphatic rings. The van der Waals surface area contributed by atoms with E-state index in [1.54, 1.807) is 0 Å². The Morgan fingerprint density at radius 1 is 1.29 bits per heavy atom. The molecule has 0 bridgehead atoms. The summed E-state index contributed by atoms with van der Waals surface area (Å²) in [6.45, 7) is 10.2. The van der Waals surface area contributed by atoms with Crippen LogP contribution in [0.25, 0.3) is 0 Å². The molecule has 0 heterocycles. The van der Waals surface area contributed by atoms with Crippen molar-refractivity contribution in [2.75, 3.05) is 20.1 Å². The summed E-state index contributed by atoms with van der Waals surface area (Å²) in [4.78, 5) is 2.44. The fourth-order valence-electron chi connectivity index (χ4n) is 3.74. The maximum absolute atomic E-state index is 5.95. The van der Waals surface area contributed by atoms with Crippen LogP contribution in [-0.4, -0.2) is 31.1 Å². The van der Waals surface area contributed by atoms with Gasteiger partial charge in [-0.1, -0.05) is 44.5 Å². The van der Waals surface area contributed by atoms with Gasteiger partial charge in [0, 0.05) is 24.2 Å². The molecule has 2 unspecified atom stereocenters. The summed E-state index contributed by atoms with van der Waals surface area (Å²) in [5.74, 6) is 0.747. The number of rotatable bonds is 6. The minimum Gasteiger partial charge on any atom is -0.313 e. The first kappa shape index (κ1) is 16.8. The monoisotopic (exact) mass is 308 g/mol. The molecular formula is C18H29ClN2. The van der Waals surface area contributed by atoms with E-state index in [2.05, 4.69) is 50.2 Å². The third-order valence-corrected chi connectivity index (χ3v) is 5.06. The number of nitrogens with zero attached hydrogens (tertiary/aromatic N) is 1. The smallest absolute Gasteiger partial charge is 0.0406 e. The van der Waals surface area contributed by atoms with Crippen LogP contribution in [0, 0.1) is 11.3 Å². The molecule has 0 aliphatic heterocycles. The molecule has 1 saturated carbocycles. The first-order valence-electron chi connectivity index (χ1n) is 8.08. The molecule has 0 spiro atoms. The van der Waals surface area contributed by atoms with Gasteiger partial charge in [0.05, 0.1) is 0 Å². The highest BCUT2D eigenvalue weighted by Gasteiger charge is 2.41. The van der Waals surface area contributed by atoms with Crippen LogP contribution in [-0.2, 0) is 6.54 Å². The van der Waals surface area contributed by atoms with Crippen LogP contribution in [0.1, 0.15) is 39.2 Å². The van der Waals surface area contributed by atoms with Gasteiger partial charge >= 0.3 is 0 Å². The Hall–Kier alpha value is -0.570. The summed E-state index contributed by atoms with van der Waals surface area (Å²) in [7, 11) is 2.23. The molecule has 0 amide bonds.